The van der Waals surface area contributed by atoms with Crippen molar-refractivity contribution < 1.29 is 0 Å². The smallest absolute Gasteiger partial charge is 0.138 e. The van der Waals surface area contributed by atoms with E-state index in [1.807, 2.05) is 6.07 Å². The van der Waals surface area contributed by atoms with Gasteiger partial charge in [-0.1, -0.05) is 25.1 Å². The zero-order valence-corrected chi connectivity index (χ0v) is 12.5. The van der Waals surface area contributed by atoms with Gasteiger partial charge in [0.2, 0.25) is 0 Å². The molecule has 3 rings (SSSR count). The van der Waals surface area contributed by atoms with Crippen LogP contribution in [0.3, 0.4) is 0 Å². The van der Waals surface area contributed by atoms with Crippen LogP contribution in [0.1, 0.15) is 37.6 Å². The molecule has 1 aromatic carbocycles. The molecule has 21 heavy (non-hydrogen) atoms. The highest BCUT2D eigenvalue weighted by Gasteiger charge is 2.18. The Labute approximate surface area is 126 Å². The van der Waals surface area contributed by atoms with Gasteiger partial charge in [-0.05, 0) is 37.3 Å². The fourth-order valence-electron chi connectivity index (χ4n) is 2.91. The van der Waals surface area contributed by atoms with Gasteiger partial charge in [0.25, 0.3) is 0 Å². The Kier molecular flexibility index (Phi) is 4.04. The number of aryl methyl sites for hydroxylation is 2. The quantitative estimate of drug-likeness (QED) is 0.936. The lowest BCUT2D eigenvalue weighted by Gasteiger charge is -2.24. The SMILES string of the molecule is CCCc1nc(N)cc(N2CCCCc3ccccc32)n1. The molecule has 0 bridgehead atoms. The topological polar surface area (TPSA) is 55.0 Å². The number of nitrogens with zero attached hydrogens (tertiary/aromatic N) is 3. The molecule has 1 aliphatic rings. The van der Waals surface area contributed by atoms with Crippen LogP contribution < -0.4 is 10.6 Å². The Morgan fingerprint density at radius 3 is 2.90 bits per heavy atom. The maximum atomic E-state index is 5.98. The molecule has 2 heterocycles. The average Bonchev–Trinajstić information content (AvgIpc) is 2.69. The summed E-state index contributed by atoms with van der Waals surface area (Å²) in [6.07, 6.45) is 5.42. The summed E-state index contributed by atoms with van der Waals surface area (Å²) in [4.78, 5) is 11.4. The first-order chi connectivity index (χ1) is 10.3. The van der Waals surface area contributed by atoms with Crippen molar-refractivity contribution in [2.75, 3.05) is 17.2 Å². The van der Waals surface area contributed by atoms with E-state index in [1.54, 1.807) is 0 Å². The van der Waals surface area contributed by atoms with Crippen molar-refractivity contribution in [2.45, 2.75) is 39.0 Å². The van der Waals surface area contributed by atoms with Crippen LogP contribution in [0.2, 0.25) is 0 Å². The van der Waals surface area contributed by atoms with Crippen LogP contribution in [0.4, 0.5) is 17.3 Å². The zero-order chi connectivity index (χ0) is 14.7. The van der Waals surface area contributed by atoms with Crippen LogP contribution >= 0.6 is 0 Å². The van der Waals surface area contributed by atoms with Crippen molar-refractivity contribution >= 4 is 17.3 Å². The van der Waals surface area contributed by atoms with Gasteiger partial charge in [0.05, 0.1) is 0 Å². The Morgan fingerprint density at radius 1 is 1.19 bits per heavy atom. The summed E-state index contributed by atoms with van der Waals surface area (Å²) in [5.41, 5.74) is 8.63. The third-order valence-electron chi connectivity index (χ3n) is 3.89. The molecule has 0 saturated heterocycles. The Bertz CT molecular complexity index is 624. The van der Waals surface area contributed by atoms with E-state index in [1.165, 1.54) is 24.1 Å². The minimum atomic E-state index is 0.560. The standard InChI is InChI=1S/C17H22N4/c1-2-7-16-19-15(18)12-17(20-16)21-11-6-5-9-13-8-3-4-10-14(13)21/h3-4,8,10,12H,2,5-7,9,11H2,1H3,(H2,18,19,20). The summed E-state index contributed by atoms with van der Waals surface area (Å²) < 4.78 is 0. The monoisotopic (exact) mass is 282 g/mol. The van der Waals surface area contributed by atoms with Crippen molar-refractivity contribution in [3.8, 4) is 0 Å². The van der Waals surface area contributed by atoms with Gasteiger partial charge >= 0.3 is 0 Å². The highest BCUT2D eigenvalue weighted by molar-refractivity contribution is 5.66. The van der Waals surface area contributed by atoms with Gasteiger partial charge in [0.15, 0.2) is 0 Å². The number of para-hydroxylation sites is 1. The maximum Gasteiger partial charge on any atom is 0.138 e. The molecule has 1 aromatic heterocycles. The third-order valence-corrected chi connectivity index (χ3v) is 3.89. The lowest BCUT2D eigenvalue weighted by molar-refractivity contribution is 0.753. The first-order valence-corrected chi connectivity index (χ1v) is 7.77. The summed E-state index contributed by atoms with van der Waals surface area (Å²) in [5, 5.41) is 0. The second-order valence-electron chi connectivity index (χ2n) is 5.55. The summed E-state index contributed by atoms with van der Waals surface area (Å²) in [5.74, 6) is 2.33. The van der Waals surface area contributed by atoms with Crippen molar-refractivity contribution in [1.82, 2.24) is 9.97 Å². The largest absolute Gasteiger partial charge is 0.384 e. The van der Waals surface area contributed by atoms with E-state index in [0.717, 1.165) is 37.4 Å². The highest BCUT2D eigenvalue weighted by atomic mass is 15.2. The highest BCUT2D eigenvalue weighted by Crippen LogP contribution is 2.32. The number of rotatable bonds is 3. The molecule has 1 aliphatic heterocycles. The molecule has 0 saturated carbocycles. The van der Waals surface area contributed by atoms with E-state index >= 15 is 0 Å². The van der Waals surface area contributed by atoms with Crippen LogP contribution in [0.5, 0.6) is 0 Å². The van der Waals surface area contributed by atoms with Gasteiger partial charge in [-0.15, -0.1) is 0 Å². The third kappa shape index (κ3) is 2.99. The van der Waals surface area contributed by atoms with Crippen molar-refractivity contribution in [2.24, 2.45) is 0 Å². The molecular formula is C17H22N4. The first-order valence-electron chi connectivity index (χ1n) is 7.77. The van der Waals surface area contributed by atoms with E-state index in [0.29, 0.717) is 5.82 Å². The maximum absolute atomic E-state index is 5.98. The predicted octanol–water partition coefficient (Wildman–Crippen LogP) is 3.49. The van der Waals surface area contributed by atoms with Crippen molar-refractivity contribution in [1.29, 1.82) is 0 Å². The normalized spacial score (nSPS) is 14.6. The molecule has 0 aliphatic carbocycles. The number of nitrogen functional groups attached to an aromatic ring is 1. The minimum Gasteiger partial charge on any atom is -0.384 e. The van der Waals surface area contributed by atoms with Crippen molar-refractivity contribution in [3.63, 3.8) is 0 Å². The van der Waals surface area contributed by atoms with Gasteiger partial charge in [-0.2, -0.15) is 0 Å². The molecule has 2 N–H and O–H groups in total. The lowest BCUT2D eigenvalue weighted by Crippen LogP contribution is -2.20. The number of hydrogen-bond donors (Lipinski definition) is 1. The van der Waals surface area contributed by atoms with Crippen LogP contribution in [-0.4, -0.2) is 16.5 Å². The van der Waals surface area contributed by atoms with E-state index in [-0.39, 0.29) is 0 Å². The Morgan fingerprint density at radius 2 is 2.05 bits per heavy atom. The van der Waals surface area contributed by atoms with Gasteiger partial charge in [-0.25, -0.2) is 9.97 Å². The molecule has 0 unspecified atom stereocenters. The molecule has 4 heteroatoms. The number of hydrogen-bond acceptors (Lipinski definition) is 4. The second kappa shape index (κ2) is 6.12. The fraction of sp³-hybridized carbons (Fsp3) is 0.412. The van der Waals surface area contributed by atoms with E-state index in [2.05, 4.69) is 41.1 Å². The number of anilines is 3. The summed E-state index contributed by atoms with van der Waals surface area (Å²) in [6.45, 7) is 3.12. The van der Waals surface area contributed by atoms with Crippen LogP contribution in [0.15, 0.2) is 30.3 Å². The summed E-state index contributed by atoms with van der Waals surface area (Å²) in [7, 11) is 0. The first kappa shape index (κ1) is 13.9. The Balaban J connectivity index is 2.03. The van der Waals surface area contributed by atoms with Crippen LogP contribution in [-0.2, 0) is 12.8 Å². The molecule has 0 spiro atoms. The summed E-state index contributed by atoms with van der Waals surface area (Å²) >= 11 is 0. The van der Waals surface area contributed by atoms with Gasteiger partial charge in [0, 0.05) is 24.7 Å². The van der Waals surface area contributed by atoms with Crippen LogP contribution in [0.25, 0.3) is 0 Å². The zero-order valence-electron chi connectivity index (χ0n) is 12.5. The van der Waals surface area contributed by atoms with E-state index < -0.39 is 0 Å². The molecule has 0 radical (unpaired) electrons. The molecular weight excluding hydrogens is 260 g/mol. The Hall–Kier alpha value is -2.10. The van der Waals surface area contributed by atoms with E-state index in [9.17, 15) is 0 Å². The number of fused-ring (bicyclic) bond motifs is 1. The molecule has 0 amide bonds. The number of benzene rings is 1. The second-order valence-corrected chi connectivity index (χ2v) is 5.55. The summed E-state index contributed by atoms with van der Waals surface area (Å²) in [6, 6.07) is 10.5. The molecule has 0 fully saturated rings. The van der Waals surface area contributed by atoms with Crippen LogP contribution in [0, 0.1) is 0 Å². The molecule has 4 nitrogen and oxygen atoms in total. The fourth-order valence-corrected chi connectivity index (χ4v) is 2.91. The van der Waals surface area contributed by atoms with Gasteiger partial charge < -0.3 is 10.6 Å². The average molecular weight is 282 g/mol. The predicted molar refractivity (Wildman–Crippen MR) is 86.8 cm³/mol. The minimum absolute atomic E-state index is 0.560. The number of nitrogens with two attached hydrogens (primary N) is 1. The molecule has 0 atom stereocenters. The van der Waals surface area contributed by atoms with Crippen molar-refractivity contribution in [3.05, 3.63) is 41.7 Å². The van der Waals surface area contributed by atoms with Gasteiger partial charge in [-0.3, -0.25) is 0 Å². The lowest BCUT2D eigenvalue weighted by atomic mass is 10.1. The molecule has 2 aromatic rings. The van der Waals surface area contributed by atoms with E-state index in [4.69, 9.17) is 10.7 Å². The van der Waals surface area contributed by atoms with Gasteiger partial charge in [0.1, 0.15) is 17.5 Å². The number of aromatic nitrogens is 2. The molecule has 110 valence electrons.